The zero-order valence-electron chi connectivity index (χ0n) is 18.6. The van der Waals surface area contributed by atoms with E-state index in [1.807, 2.05) is 24.3 Å². The molecular formula is C24H34IN5O. The zero-order chi connectivity index (χ0) is 21.3. The Morgan fingerprint density at radius 1 is 1.13 bits per heavy atom. The lowest BCUT2D eigenvalue weighted by atomic mass is 10.1. The predicted octanol–water partition coefficient (Wildman–Crippen LogP) is 4.68. The number of hydrogen-bond acceptors (Lipinski definition) is 3. The van der Waals surface area contributed by atoms with E-state index in [4.69, 9.17) is 4.99 Å². The van der Waals surface area contributed by atoms with Gasteiger partial charge in [-0.3, -0.25) is 4.79 Å². The number of halogens is 1. The minimum Gasteiger partial charge on any atom is -0.372 e. The molecule has 31 heavy (non-hydrogen) atoms. The summed E-state index contributed by atoms with van der Waals surface area (Å²) in [5.41, 5.74) is 4.38. The molecule has 1 fully saturated rings. The quantitative estimate of drug-likeness (QED) is 0.274. The molecule has 0 aliphatic carbocycles. The van der Waals surface area contributed by atoms with Gasteiger partial charge in [-0.2, -0.15) is 0 Å². The van der Waals surface area contributed by atoms with Gasteiger partial charge in [0.05, 0.1) is 12.6 Å². The number of nitrogens with one attached hydrogen (secondary N) is 3. The van der Waals surface area contributed by atoms with Gasteiger partial charge in [0, 0.05) is 37.9 Å². The number of rotatable bonds is 7. The van der Waals surface area contributed by atoms with Crippen LogP contribution in [0.1, 0.15) is 50.8 Å². The fourth-order valence-electron chi connectivity index (χ4n) is 3.70. The number of guanidine groups is 1. The third-order valence-electron chi connectivity index (χ3n) is 5.21. The van der Waals surface area contributed by atoms with Gasteiger partial charge in [0.25, 0.3) is 0 Å². The van der Waals surface area contributed by atoms with Gasteiger partial charge in [0.15, 0.2) is 5.96 Å². The molecule has 1 atom stereocenters. The van der Waals surface area contributed by atoms with Gasteiger partial charge >= 0.3 is 0 Å². The first-order valence-corrected chi connectivity index (χ1v) is 10.8. The van der Waals surface area contributed by atoms with E-state index >= 15 is 0 Å². The van der Waals surface area contributed by atoms with E-state index in [1.54, 1.807) is 0 Å². The van der Waals surface area contributed by atoms with Crippen LogP contribution >= 0.6 is 24.0 Å². The summed E-state index contributed by atoms with van der Waals surface area (Å²) < 4.78 is 0. The standard InChI is InChI=1S/C24H33N5O.HI/c1-4-25-24(26-17-20-9-7-11-22(15-20)28-19(3)30)27-18(2)21-10-8-12-23(16-21)29-13-5-6-14-29;/h7-12,15-16,18H,4-6,13-14,17H2,1-3H3,(H,28,30)(H2,25,26,27);1H. The summed E-state index contributed by atoms with van der Waals surface area (Å²) in [6, 6.07) is 16.7. The second-order valence-electron chi connectivity index (χ2n) is 7.73. The van der Waals surface area contributed by atoms with Crippen molar-refractivity contribution in [3.05, 3.63) is 59.7 Å². The average Bonchev–Trinajstić information content (AvgIpc) is 3.27. The molecule has 0 spiro atoms. The Bertz CT molecular complexity index is 880. The van der Waals surface area contributed by atoms with Crippen molar-refractivity contribution < 1.29 is 4.79 Å². The summed E-state index contributed by atoms with van der Waals surface area (Å²) in [6.07, 6.45) is 2.55. The maximum absolute atomic E-state index is 11.3. The summed E-state index contributed by atoms with van der Waals surface area (Å²) in [7, 11) is 0. The van der Waals surface area contributed by atoms with E-state index in [0.29, 0.717) is 6.54 Å². The summed E-state index contributed by atoms with van der Waals surface area (Å²) in [6.45, 7) is 9.35. The smallest absolute Gasteiger partial charge is 0.221 e. The molecule has 3 rings (SSSR count). The van der Waals surface area contributed by atoms with Crippen molar-refractivity contribution in [3.63, 3.8) is 0 Å². The van der Waals surface area contributed by atoms with Crippen molar-refractivity contribution in [2.24, 2.45) is 4.99 Å². The van der Waals surface area contributed by atoms with Crippen molar-refractivity contribution in [1.82, 2.24) is 10.6 Å². The van der Waals surface area contributed by atoms with Crippen LogP contribution in [-0.4, -0.2) is 31.5 Å². The maximum Gasteiger partial charge on any atom is 0.221 e. The van der Waals surface area contributed by atoms with E-state index in [1.165, 1.54) is 31.0 Å². The molecule has 1 saturated heterocycles. The first-order valence-electron chi connectivity index (χ1n) is 10.8. The van der Waals surface area contributed by atoms with Crippen molar-refractivity contribution in [2.45, 2.75) is 46.2 Å². The Morgan fingerprint density at radius 3 is 2.58 bits per heavy atom. The number of anilines is 2. The largest absolute Gasteiger partial charge is 0.372 e. The molecule has 1 amide bonds. The van der Waals surface area contributed by atoms with Gasteiger partial charge in [-0.15, -0.1) is 24.0 Å². The predicted molar refractivity (Wildman–Crippen MR) is 140 cm³/mol. The van der Waals surface area contributed by atoms with Crippen molar-refractivity contribution in [1.29, 1.82) is 0 Å². The van der Waals surface area contributed by atoms with E-state index < -0.39 is 0 Å². The SMILES string of the molecule is CCNC(=NCc1cccc(NC(C)=O)c1)NC(C)c1cccc(N2CCCC2)c1.I. The molecule has 6 nitrogen and oxygen atoms in total. The lowest BCUT2D eigenvalue weighted by Crippen LogP contribution is -2.38. The molecule has 1 aliphatic heterocycles. The summed E-state index contributed by atoms with van der Waals surface area (Å²) >= 11 is 0. The fraction of sp³-hybridized carbons (Fsp3) is 0.417. The topological polar surface area (TPSA) is 68.8 Å². The summed E-state index contributed by atoms with van der Waals surface area (Å²) in [4.78, 5) is 18.5. The van der Waals surface area contributed by atoms with Gasteiger partial charge < -0.3 is 20.9 Å². The molecular weight excluding hydrogens is 501 g/mol. The van der Waals surface area contributed by atoms with Crippen molar-refractivity contribution >= 4 is 47.2 Å². The van der Waals surface area contributed by atoms with Gasteiger partial charge in [-0.1, -0.05) is 24.3 Å². The number of nitrogens with zero attached hydrogens (tertiary/aromatic N) is 2. The highest BCUT2D eigenvalue weighted by molar-refractivity contribution is 14.0. The van der Waals surface area contributed by atoms with Gasteiger partial charge in [0.1, 0.15) is 0 Å². The lowest BCUT2D eigenvalue weighted by molar-refractivity contribution is -0.114. The Balaban J connectivity index is 0.00000341. The Kier molecular flexibility index (Phi) is 10.1. The van der Waals surface area contributed by atoms with E-state index in [0.717, 1.165) is 36.8 Å². The van der Waals surface area contributed by atoms with E-state index in [9.17, 15) is 4.79 Å². The van der Waals surface area contributed by atoms with Crippen LogP contribution in [0.3, 0.4) is 0 Å². The zero-order valence-corrected chi connectivity index (χ0v) is 21.0. The average molecular weight is 535 g/mol. The molecule has 3 N–H and O–H groups in total. The highest BCUT2D eigenvalue weighted by Crippen LogP contribution is 2.24. The first kappa shape index (κ1) is 25.0. The monoisotopic (exact) mass is 535 g/mol. The molecule has 2 aromatic carbocycles. The highest BCUT2D eigenvalue weighted by atomic mass is 127. The number of hydrogen-bond donors (Lipinski definition) is 3. The molecule has 168 valence electrons. The highest BCUT2D eigenvalue weighted by Gasteiger charge is 2.14. The van der Waals surface area contributed by atoms with Gasteiger partial charge in [0.2, 0.25) is 5.91 Å². The molecule has 7 heteroatoms. The Morgan fingerprint density at radius 2 is 1.87 bits per heavy atom. The second-order valence-corrected chi connectivity index (χ2v) is 7.73. The number of carbonyl (C=O) groups excluding carboxylic acids is 1. The van der Waals surface area contributed by atoms with Crippen LogP contribution in [0, 0.1) is 0 Å². The minimum atomic E-state index is -0.0735. The third-order valence-corrected chi connectivity index (χ3v) is 5.21. The van der Waals surface area contributed by atoms with Gasteiger partial charge in [-0.25, -0.2) is 4.99 Å². The van der Waals surface area contributed by atoms with Crippen LogP contribution in [0.4, 0.5) is 11.4 Å². The molecule has 1 aliphatic rings. The van der Waals surface area contributed by atoms with Gasteiger partial charge in [-0.05, 0) is 62.1 Å². The fourth-order valence-corrected chi connectivity index (χ4v) is 3.70. The first-order chi connectivity index (χ1) is 14.5. The number of carbonyl (C=O) groups is 1. The Labute approximate surface area is 202 Å². The molecule has 1 heterocycles. The molecule has 0 radical (unpaired) electrons. The van der Waals surface area contributed by atoms with Crippen LogP contribution in [0.25, 0.3) is 0 Å². The lowest BCUT2D eigenvalue weighted by Gasteiger charge is -2.22. The molecule has 0 aromatic heterocycles. The van der Waals surface area contributed by atoms with Crippen LogP contribution in [0.5, 0.6) is 0 Å². The normalized spacial score (nSPS) is 14.5. The van der Waals surface area contributed by atoms with E-state index in [2.05, 4.69) is 59.0 Å². The molecule has 2 aromatic rings. The second kappa shape index (κ2) is 12.5. The number of amides is 1. The summed E-state index contributed by atoms with van der Waals surface area (Å²) in [5.74, 6) is 0.706. The number of benzene rings is 2. The third kappa shape index (κ3) is 7.72. The maximum atomic E-state index is 11.3. The Hall–Kier alpha value is -2.29. The molecule has 0 bridgehead atoms. The van der Waals surface area contributed by atoms with Crippen molar-refractivity contribution in [3.8, 4) is 0 Å². The number of aliphatic imine (C=N–C) groups is 1. The van der Waals surface area contributed by atoms with Crippen LogP contribution in [0.2, 0.25) is 0 Å². The minimum absolute atomic E-state index is 0. The van der Waals surface area contributed by atoms with E-state index in [-0.39, 0.29) is 35.9 Å². The molecule has 1 unspecified atom stereocenters. The van der Waals surface area contributed by atoms with Crippen LogP contribution in [-0.2, 0) is 11.3 Å². The van der Waals surface area contributed by atoms with Crippen LogP contribution < -0.4 is 20.9 Å². The molecule has 0 saturated carbocycles. The summed E-state index contributed by atoms with van der Waals surface area (Å²) in [5, 5.41) is 9.67. The van der Waals surface area contributed by atoms with Crippen molar-refractivity contribution in [2.75, 3.05) is 29.9 Å². The van der Waals surface area contributed by atoms with Crippen LogP contribution in [0.15, 0.2) is 53.5 Å².